The Balaban J connectivity index is 2.22. The summed E-state index contributed by atoms with van der Waals surface area (Å²) in [4.78, 5) is 2.50. The highest BCUT2D eigenvalue weighted by molar-refractivity contribution is 6.31. The highest BCUT2D eigenvalue weighted by atomic mass is 35.5. The Morgan fingerprint density at radius 1 is 1.38 bits per heavy atom. The van der Waals surface area contributed by atoms with Crippen LogP contribution in [0.2, 0.25) is 5.02 Å². The Bertz CT molecular complexity index is 479. The Labute approximate surface area is 134 Å². The number of benzene rings is 1. The highest BCUT2D eigenvalue weighted by Crippen LogP contribution is 2.38. The van der Waals surface area contributed by atoms with Gasteiger partial charge in [0.15, 0.2) is 0 Å². The van der Waals surface area contributed by atoms with E-state index in [0.29, 0.717) is 5.41 Å². The molecule has 0 bridgehead atoms. The van der Waals surface area contributed by atoms with Crippen molar-refractivity contribution in [1.29, 1.82) is 0 Å². The van der Waals surface area contributed by atoms with E-state index in [0.717, 1.165) is 36.9 Å². The Kier molecular flexibility index (Phi) is 5.21. The molecule has 2 unspecified atom stereocenters. The number of halogens is 1. The van der Waals surface area contributed by atoms with Gasteiger partial charge >= 0.3 is 0 Å². The van der Waals surface area contributed by atoms with Crippen molar-refractivity contribution in [2.24, 2.45) is 17.1 Å². The lowest BCUT2D eigenvalue weighted by Crippen LogP contribution is -2.28. The molecule has 0 aliphatic carbocycles. The van der Waals surface area contributed by atoms with Gasteiger partial charge in [-0.1, -0.05) is 45.4 Å². The summed E-state index contributed by atoms with van der Waals surface area (Å²) in [6, 6.07) is 6.43. The molecular weight excluding hydrogens is 280 g/mol. The second-order valence-electron chi connectivity index (χ2n) is 7.41. The van der Waals surface area contributed by atoms with E-state index in [2.05, 4.69) is 44.7 Å². The van der Waals surface area contributed by atoms with Crippen LogP contribution in [0.15, 0.2) is 18.2 Å². The summed E-state index contributed by atoms with van der Waals surface area (Å²) < 4.78 is 0. The lowest BCUT2D eigenvalue weighted by Gasteiger charge is -2.28. The average Bonchev–Trinajstić information content (AvgIpc) is 2.90. The van der Waals surface area contributed by atoms with Crippen LogP contribution in [0, 0.1) is 11.3 Å². The largest absolute Gasteiger partial charge is 0.371 e. The second-order valence-corrected chi connectivity index (χ2v) is 7.81. The summed E-state index contributed by atoms with van der Waals surface area (Å²) >= 11 is 6.45. The zero-order chi connectivity index (χ0) is 15.6. The first-order chi connectivity index (χ1) is 9.82. The lowest BCUT2D eigenvalue weighted by atomic mass is 9.80. The molecule has 3 heteroatoms. The number of hydrogen-bond donors (Lipinski definition) is 1. The van der Waals surface area contributed by atoms with E-state index in [1.165, 1.54) is 17.7 Å². The maximum Gasteiger partial charge on any atom is 0.0459 e. The molecule has 1 saturated heterocycles. The fourth-order valence-electron chi connectivity index (χ4n) is 3.14. The maximum absolute atomic E-state index is 6.45. The number of nitrogens with two attached hydrogens (primary N) is 1. The molecule has 0 radical (unpaired) electrons. The first kappa shape index (κ1) is 16.6. The summed E-state index contributed by atoms with van der Waals surface area (Å²) in [5.74, 6) is 0.740. The van der Waals surface area contributed by atoms with Crippen molar-refractivity contribution >= 4 is 17.3 Å². The molecule has 21 heavy (non-hydrogen) atoms. The van der Waals surface area contributed by atoms with E-state index in [9.17, 15) is 0 Å². The van der Waals surface area contributed by atoms with Crippen molar-refractivity contribution in [3.05, 3.63) is 28.8 Å². The number of nitrogens with zero attached hydrogens (tertiary/aromatic N) is 1. The van der Waals surface area contributed by atoms with Gasteiger partial charge in [-0.2, -0.15) is 0 Å². The fourth-order valence-corrected chi connectivity index (χ4v) is 3.38. The van der Waals surface area contributed by atoms with Crippen LogP contribution in [0.25, 0.3) is 0 Å². The van der Waals surface area contributed by atoms with E-state index in [4.69, 9.17) is 17.3 Å². The Morgan fingerprint density at radius 3 is 2.67 bits per heavy atom. The molecule has 2 N–H and O–H groups in total. The summed E-state index contributed by atoms with van der Waals surface area (Å²) in [5.41, 5.74) is 9.04. The molecule has 1 aromatic rings. The van der Waals surface area contributed by atoms with Crippen LogP contribution in [-0.2, 0) is 6.42 Å². The van der Waals surface area contributed by atoms with Crippen LogP contribution >= 0.6 is 11.6 Å². The molecule has 1 aliphatic heterocycles. The van der Waals surface area contributed by atoms with Gasteiger partial charge in [0.2, 0.25) is 0 Å². The van der Waals surface area contributed by atoms with Crippen molar-refractivity contribution in [3.63, 3.8) is 0 Å². The summed E-state index contributed by atoms with van der Waals surface area (Å²) in [7, 11) is 0. The van der Waals surface area contributed by atoms with Gasteiger partial charge < -0.3 is 10.6 Å². The predicted molar refractivity (Wildman–Crippen MR) is 93.2 cm³/mol. The number of anilines is 1. The topological polar surface area (TPSA) is 29.3 Å². The average molecular weight is 309 g/mol. The SMILES string of the molecule is CCC(N)Cc1c(Cl)cccc1N1CCC(C(C)(C)C)C1. The van der Waals surface area contributed by atoms with Crippen molar-refractivity contribution in [3.8, 4) is 0 Å². The minimum Gasteiger partial charge on any atom is -0.371 e. The quantitative estimate of drug-likeness (QED) is 0.888. The molecule has 0 aromatic heterocycles. The van der Waals surface area contributed by atoms with E-state index in [1.54, 1.807) is 0 Å². The number of rotatable bonds is 4. The van der Waals surface area contributed by atoms with Crippen LogP contribution in [-0.4, -0.2) is 19.1 Å². The molecule has 1 fully saturated rings. The molecule has 118 valence electrons. The van der Waals surface area contributed by atoms with Gasteiger partial charge in [0.05, 0.1) is 0 Å². The van der Waals surface area contributed by atoms with Gasteiger partial charge in [0, 0.05) is 29.8 Å². The van der Waals surface area contributed by atoms with Crippen LogP contribution in [0.4, 0.5) is 5.69 Å². The lowest BCUT2D eigenvalue weighted by molar-refractivity contribution is 0.263. The molecular formula is C18H29ClN2. The van der Waals surface area contributed by atoms with E-state index >= 15 is 0 Å². The molecule has 0 saturated carbocycles. The van der Waals surface area contributed by atoms with E-state index < -0.39 is 0 Å². The second kappa shape index (κ2) is 6.58. The predicted octanol–water partition coefficient (Wildman–Crippen LogP) is 4.49. The third-order valence-electron chi connectivity index (χ3n) is 4.84. The fraction of sp³-hybridized carbons (Fsp3) is 0.667. The van der Waals surface area contributed by atoms with Crippen molar-refractivity contribution < 1.29 is 0 Å². The molecule has 1 aromatic carbocycles. The molecule has 2 nitrogen and oxygen atoms in total. The first-order valence-electron chi connectivity index (χ1n) is 8.10. The van der Waals surface area contributed by atoms with Gasteiger partial charge in [-0.25, -0.2) is 0 Å². The molecule has 0 spiro atoms. The van der Waals surface area contributed by atoms with Gasteiger partial charge in [-0.3, -0.25) is 0 Å². The third-order valence-corrected chi connectivity index (χ3v) is 5.19. The zero-order valence-corrected chi connectivity index (χ0v) is 14.6. The van der Waals surface area contributed by atoms with Crippen molar-refractivity contribution in [2.75, 3.05) is 18.0 Å². The summed E-state index contributed by atoms with van der Waals surface area (Å²) in [6.45, 7) is 11.4. The highest BCUT2D eigenvalue weighted by Gasteiger charge is 2.32. The normalized spacial score (nSPS) is 20.9. The maximum atomic E-state index is 6.45. The van der Waals surface area contributed by atoms with E-state index in [1.807, 2.05) is 6.07 Å². The molecule has 0 amide bonds. The van der Waals surface area contributed by atoms with E-state index in [-0.39, 0.29) is 6.04 Å². The third kappa shape index (κ3) is 3.92. The monoisotopic (exact) mass is 308 g/mol. The molecule has 2 rings (SSSR count). The van der Waals surface area contributed by atoms with Crippen LogP contribution in [0.3, 0.4) is 0 Å². The zero-order valence-electron chi connectivity index (χ0n) is 13.8. The van der Waals surface area contributed by atoms with Crippen LogP contribution < -0.4 is 10.6 Å². The van der Waals surface area contributed by atoms with Gasteiger partial charge in [0.25, 0.3) is 0 Å². The van der Waals surface area contributed by atoms with Gasteiger partial charge in [-0.15, -0.1) is 0 Å². The molecule has 2 atom stereocenters. The Morgan fingerprint density at radius 2 is 2.10 bits per heavy atom. The minimum absolute atomic E-state index is 0.185. The van der Waals surface area contributed by atoms with Gasteiger partial charge in [-0.05, 0) is 48.3 Å². The Hall–Kier alpha value is -0.730. The van der Waals surface area contributed by atoms with Gasteiger partial charge in [0.1, 0.15) is 0 Å². The van der Waals surface area contributed by atoms with Crippen LogP contribution in [0.5, 0.6) is 0 Å². The van der Waals surface area contributed by atoms with Crippen LogP contribution in [0.1, 0.15) is 46.1 Å². The standard InChI is InChI=1S/C18H29ClN2/c1-5-14(20)11-15-16(19)7-6-8-17(15)21-10-9-13(12-21)18(2,3)4/h6-8,13-14H,5,9-12,20H2,1-4H3. The molecule has 1 heterocycles. The first-order valence-corrected chi connectivity index (χ1v) is 8.48. The summed E-state index contributed by atoms with van der Waals surface area (Å²) in [6.07, 6.45) is 3.10. The smallest absolute Gasteiger partial charge is 0.0459 e. The van der Waals surface area contributed by atoms with Crippen molar-refractivity contribution in [1.82, 2.24) is 0 Å². The van der Waals surface area contributed by atoms with Crippen molar-refractivity contribution in [2.45, 2.75) is 53.0 Å². The summed E-state index contributed by atoms with van der Waals surface area (Å²) in [5, 5.41) is 0.857. The number of hydrogen-bond acceptors (Lipinski definition) is 2. The minimum atomic E-state index is 0.185. The molecule has 1 aliphatic rings.